The molecule has 0 N–H and O–H groups in total. The first-order valence-corrected chi connectivity index (χ1v) is 5.33. The second kappa shape index (κ2) is 4.16. The molecule has 1 aromatic carbocycles. The van der Waals surface area contributed by atoms with E-state index in [1.807, 2.05) is 6.07 Å². The number of rotatable bonds is 2. The highest BCUT2D eigenvalue weighted by atomic mass is 79.9. The number of carbonyl (C=O) groups is 1. The minimum absolute atomic E-state index is 0.539. The van der Waals surface area contributed by atoms with Gasteiger partial charge >= 0.3 is 0 Å². The van der Waals surface area contributed by atoms with Gasteiger partial charge in [-0.15, -0.1) is 0 Å². The molecule has 0 saturated heterocycles. The van der Waals surface area contributed by atoms with Crippen molar-refractivity contribution in [2.24, 2.45) is 0 Å². The zero-order valence-corrected chi connectivity index (χ0v) is 9.86. The highest BCUT2D eigenvalue weighted by Crippen LogP contribution is 2.24. The summed E-state index contributed by atoms with van der Waals surface area (Å²) in [5, 5.41) is 4.71. The molecule has 0 unspecified atom stereocenters. The quantitative estimate of drug-likeness (QED) is 0.795. The summed E-state index contributed by atoms with van der Waals surface area (Å²) in [6.07, 6.45) is 3.92. The summed E-state index contributed by atoms with van der Waals surface area (Å²) < 4.78 is 2.44. The third-order valence-electron chi connectivity index (χ3n) is 1.90. The Bertz CT molecular complexity index is 510. The molecule has 2 rings (SSSR count). The summed E-state index contributed by atoms with van der Waals surface area (Å²) >= 11 is 9.20. The number of aromatic nitrogens is 2. The zero-order valence-electron chi connectivity index (χ0n) is 7.52. The highest BCUT2D eigenvalue weighted by Gasteiger charge is 2.04. The molecule has 0 aliphatic rings. The highest BCUT2D eigenvalue weighted by molar-refractivity contribution is 9.10. The van der Waals surface area contributed by atoms with E-state index in [2.05, 4.69) is 21.0 Å². The van der Waals surface area contributed by atoms with Crippen LogP contribution >= 0.6 is 27.5 Å². The van der Waals surface area contributed by atoms with E-state index in [1.165, 1.54) is 6.20 Å². The number of benzene rings is 1. The van der Waals surface area contributed by atoms with Gasteiger partial charge in [0.15, 0.2) is 6.29 Å². The Labute approximate surface area is 99.8 Å². The Balaban J connectivity index is 2.49. The second-order valence-electron chi connectivity index (χ2n) is 2.93. The Hall–Kier alpha value is -1.13. The van der Waals surface area contributed by atoms with E-state index in [0.29, 0.717) is 10.6 Å². The molecule has 0 atom stereocenters. The van der Waals surface area contributed by atoms with Crippen LogP contribution in [0.25, 0.3) is 5.69 Å². The fourth-order valence-corrected chi connectivity index (χ4v) is 2.06. The molecule has 0 bridgehead atoms. The van der Waals surface area contributed by atoms with Crippen molar-refractivity contribution in [3.8, 4) is 5.69 Å². The number of carbonyl (C=O) groups excluding carboxylic acids is 1. The molecular formula is C10H6BrClN2O. The summed E-state index contributed by atoms with van der Waals surface area (Å²) in [7, 11) is 0. The molecule has 0 saturated carbocycles. The van der Waals surface area contributed by atoms with Crippen molar-refractivity contribution in [3.63, 3.8) is 0 Å². The Kier molecular flexibility index (Phi) is 2.88. The van der Waals surface area contributed by atoms with Gasteiger partial charge in [-0.05, 0) is 34.1 Å². The lowest BCUT2D eigenvalue weighted by Crippen LogP contribution is -1.94. The van der Waals surface area contributed by atoms with Gasteiger partial charge in [0.25, 0.3) is 0 Å². The molecule has 2 aromatic rings. The average Bonchev–Trinajstić information content (AvgIpc) is 2.66. The monoisotopic (exact) mass is 284 g/mol. The predicted octanol–water partition coefficient (Wildman–Crippen LogP) is 3.10. The molecule has 0 radical (unpaired) electrons. The summed E-state index contributed by atoms with van der Waals surface area (Å²) in [6.45, 7) is 0. The zero-order chi connectivity index (χ0) is 10.8. The summed E-state index contributed by atoms with van der Waals surface area (Å²) in [5.41, 5.74) is 1.38. The number of hydrogen-bond acceptors (Lipinski definition) is 2. The number of halogens is 2. The van der Waals surface area contributed by atoms with Gasteiger partial charge in [-0.1, -0.05) is 11.6 Å². The van der Waals surface area contributed by atoms with Gasteiger partial charge in [0.05, 0.1) is 17.4 Å². The van der Waals surface area contributed by atoms with Gasteiger partial charge in [-0.3, -0.25) is 4.79 Å². The number of nitrogens with zero attached hydrogens (tertiary/aromatic N) is 2. The normalized spacial score (nSPS) is 10.3. The maximum Gasteiger partial charge on any atom is 0.153 e. The van der Waals surface area contributed by atoms with Crippen molar-refractivity contribution >= 4 is 33.8 Å². The molecule has 1 heterocycles. The van der Waals surface area contributed by atoms with E-state index in [4.69, 9.17) is 11.6 Å². The Morgan fingerprint density at radius 3 is 2.87 bits per heavy atom. The van der Waals surface area contributed by atoms with Crippen molar-refractivity contribution < 1.29 is 4.79 Å². The van der Waals surface area contributed by atoms with Gasteiger partial charge in [-0.2, -0.15) is 5.10 Å². The molecule has 0 amide bonds. The van der Waals surface area contributed by atoms with Gasteiger partial charge in [0, 0.05) is 15.7 Å². The van der Waals surface area contributed by atoms with Crippen molar-refractivity contribution in [1.82, 2.24) is 9.78 Å². The standard InChI is InChI=1S/C10H6BrClN2O/c11-9-3-8(12)1-2-10(9)14-5-7(6-15)4-13-14/h1-6H. The van der Waals surface area contributed by atoms with Crippen molar-refractivity contribution in [3.05, 3.63) is 45.7 Å². The van der Waals surface area contributed by atoms with Gasteiger partial charge in [0.1, 0.15) is 0 Å². The first-order chi connectivity index (χ1) is 7.20. The molecule has 1 aromatic heterocycles. The van der Waals surface area contributed by atoms with Crippen LogP contribution in [0.3, 0.4) is 0 Å². The lowest BCUT2D eigenvalue weighted by Gasteiger charge is -2.03. The first kappa shape index (κ1) is 10.4. The molecule has 0 fully saturated rings. The molecule has 15 heavy (non-hydrogen) atoms. The summed E-state index contributed by atoms with van der Waals surface area (Å²) in [5.74, 6) is 0. The van der Waals surface area contributed by atoms with Crippen LogP contribution in [-0.2, 0) is 0 Å². The van der Waals surface area contributed by atoms with Crippen LogP contribution in [0.2, 0.25) is 5.02 Å². The van der Waals surface area contributed by atoms with Crippen LogP contribution < -0.4 is 0 Å². The van der Waals surface area contributed by atoms with Gasteiger partial charge in [-0.25, -0.2) is 4.68 Å². The van der Waals surface area contributed by atoms with Crippen LogP contribution in [0.1, 0.15) is 10.4 Å². The first-order valence-electron chi connectivity index (χ1n) is 4.16. The minimum atomic E-state index is 0.539. The van der Waals surface area contributed by atoms with Crippen molar-refractivity contribution in [2.75, 3.05) is 0 Å². The Morgan fingerprint density at radius 1 is 1.47 bits per heavy atom. The third-order valence-corrected chi connectivity index (χ3v) is 2.77. The van der Waals surface area contributed by atoms with Crippen LogP contribution in [0.4, 0.5) is 0 Å². The van der Waals surface area contributed by atoms with E-state index in [9.17, 15) is 4.79 Å². The van der Waals surface area contributed by atoms with E-state index < -0.39 is 0 Å². The molecule has 0 aliphatic heterocycles. The van der Waals surface area contributed by atoms with Gasteiger partial charge < -0.3 is 0 Å². The molecule has 76 valence electrons. The van der Waals surface area contributed by atoms with Gasteiger partial charge in [0.2, 0.25) is 0 Å². The molecular weight excluding hydrogens is 279 g/mol. The molecule has 3 nitrogen and oxygen atoms in total. The van der Waals surface area contributed by atoms with E-state index in [0.717, 1.165) is 16.4 Å². The molecule has 0 spiro atoms. The van der Waals surface area contributed by atoms with Crippen LogP contribution in [0.5, 0.6) is 0 Å². The smallest absolute Gasteiger partial charge is 0.153 e. The molecule has 5 heteroatoms. The topological polar surface area (TPSA) is 34.9 Å². The maximum atomic E-state index is 10.5. The maximum absolute atomic E-state index is 10.5. The molecule has 0 aliphatic carbocycles. The van der Waals surface area contributed by atoms with E-state index >= 15 is 0 Å². The van der Waals surface area contributed by atoms with Crippen LogP contribution in [0, 0.1) is 0 Å². The lowest BCUT2D eigenvalue weighted by atomic mass is 10.3. The lowest BCUT2D eigenvalue weighted by molar-refractivity contribution is 0.112. The summed E-state index contributed by atoms with van der Waals surface area (Å²) in [4.78, 5) is 10.5. The van der Waals surface area contributed by atoms with Crippen LogP contribution in [-0.4, -0.2) is 16.1 Å². The number of hydrogen-bond donors (Lipinski definition) is 0. The van der Waals surface area contributed by atoms with Crippen LogP contribution in [0.15, 0.2) is 35.1 Å². The number of aldehydes is 1. The second-order valence-corrected chi connectivity index (χ2v) is 4.22. The van der Waals surface area contributed by atoms with E-state index in [1.54, 1.807) is 23.0 Å². The third kappa shape index (κ3) is 2.11. The fourth-order valence-electron chi connectivity index (χ4n) is 1.20. The summed E-state index contributed by atoms with van der Waals surface area (Å²) in [6, 6.07) is 5.37. The predicted molar refractivity (Wildman–Crippen MR) is 61.7 cm³/mol. The Morgan fingerprint density at radius 2 is 2.27 bits per heavy atom. The minimum Gasteiger partial charge on any atom is -0.298 e. The fraction of sp³-hybridized carbons (Fsp3) is 0. The largest absolute Gasteiger partial charge is 0.298 e. The average molecular weight is 286 g/mol. The van der Waals surface area contributed by atoms with E-state index in [-0.39, 0.29) is 0 Å². The van der Waals surface area contributed by atoms with Crippen molar-refractivity contribution in [1.29, 1.82) is 0 Å². The SMILES string of the molecule is O=Cc1cnn(-c2ccc(Cl)cc2Br)c1. The van der Waals surface area contributed by atoms with Crippen molar-refractivity contribution in [2.45, 2.75) is 0 Å².